The highest BCUT2D eigenvalue weighted by atomic mass is 16.2. The number of hydrogen-bond acceptors (Lipinski definition) is 2. The van der Waals surface area contributed by atoms with Gasteiger partial charge >= 0.3 is 0 Å². The maximum atomic E-state index is 11.8. The molecule has 1 heterocycles. The van der Waals surface area contributed by atoms with Gasteiger partial charge in [0.25, 0.3) is 0 Å². The second kappa shape index (κ2) is 19.3. The van der Waals surface area contributed by atoms with Gasteiger partial charge in [0, 0.05) is 26.1 Å². The minimum atomic E-state index is -0.131. The Hall–Kier alpha value is -1.06. The molecule has 1 fully saturated rings. The molecule has 1 aliphatic heterocycles. The van der Waals surface area contributed by atoms with Crippen molar-refractivity contribution < 1.29 is 9.59 Å². The van der Waals surface area contributed by atoms with Crippen LogP contribution in [0.3, 0.4) is 0 Å². The van der Waals surface area contributed by atoms with Gasteiger partial charge in [-0.15, -0.1) is 0 Å². The van der Waals surface area contributed by atoms with Crippen molar-refractivity contribution >= 4 is 11.8 Å². The van der Waals surface area contributed by atoms with Crippen molar-refractivity contribution in [2.45, 2.75) is 118 Å². The predicted octanol–water partition coefficient (Wildman–Crippen LogP) is 6.09. The molecule has 1 aliphatic rings. The fourth-order valence-electron chi connectivity index (χ4n) is 3.60. The fraction of sp³-hybridized carbons (Fsp3) is 0.917. The van der Waals surface area contributed by atoms with Crippen LogP contribution in [0.15, 0.2) is 0 Å². The van der Waals surface area contributed by atoms with Crippen molar-refractivity contribution in [3.8, 4) is 0 Å². The molecular weight excluding hydrogens is 348 g/mol. The standard InChI is InChI=1S/C14H26N2O2.C10H22/c1-3-5-6-7-8-9-16-11-12(10-13(16)17)14(18)15-4-2;1-3-5-7-9-10-8-6-4-2/h12H,3-11H2,1-2H3,(H,15,18);3-10H2,1-2H3. The van der Waals surface area contributed by atoms with Crippen molar-refractivity contribution in [2.24, 2.45) is 5.92 Å². The Morgan fingerprint density at radius 1 is 0.821 bits per heavy atom. The van der Waals surface area contributed by atoms with Crippen molar-refractivity contribution in [1.29, 1.82) is 0 Å². The SMILES string of the molecule is CCCCCCCCCC.CCCCCCCN1CC(C(=O)NCC)CC1=O. The molecule has 2 amide bonds. The number of likely N-dealkylation sites (tertiary alicyclic amines) is 1. The van der Waals surface area contributed by atoms with E-state index in [-0.39, 0.29) is 17.7 Å². The lowest BCUT2D eigenvalue weighted by Crippen LogP contribution is -2.33. The van der Waals surface area contributed by atoms with Crippen molar-refractivity contribution in [3.05, 3.63) is 0 Å². The Kier molecular flexibility index (Phi) is 18.5. The van der Waals surface area contributed by atoms with Crippen LogP contribution in [-0.4, -0.2) is 36.3 Å². The van der Waals surface area contributed by atoms with Crippen LogP contribution in [0, 0.1) is 5.92 Å². The molecule has 0 bridgehead atoms. The Morgan fingerprint density at radius 3 is 1.75 bits per heavy atom. The summed E-state index contributed by atoms with van der Waals surface area (Å²) in [4.78, 5) is 25.3. The summed E-state index contributed by atoms with van der Waals surface area (Å²) in [5.41, 5.74) is 0. The second-order valence-electron chi connectivity index (χ2n) is 8.17. The van der Waals surface area contributed by atoms with Gasteiger partial charge in [-0.25, -0.2) is 0 Å². The Labute approximate surface area is 175 Å². The summed E-state index contributed by atoms with van der Waals surface area (Å²) >= 11 is 0. The first-order valence-corrected chi connectivity index (χ1v) is 12.2. The lowest BCUT2D eigenvalue weighted by molar-refractivity contribution is -0.129. The van der Waals surface area contributed by atoms with Gasteiger partial charge in [-0.1, -0.05) is 97.8 Å². The number of carbonyl (C=O) groups is 2. The largest absolute Gasteiger partial charge is 0.356 e. The highest BCUT2D eigenvalue weighted by Crippen LogP contribution is 2.18. The van der Waals surface area contributed by atoms with Gasteiger partial charge < -0.3 is 10.2 Å². The molecule has 4 nitrogen and oxygen atoms in total. The monoisotopic (exact) mass is 396 g/mol. The van der Waals surface area contributed by atoms with Crippen LogP contribution >= 0.6 is 0 Å². The van der Waals surface area contributed by atoms with Crippen LogP contribution < -0.4 is 5.32 Å². The Bertz CT molecular complexity index is 377. The topological polar surface area (TPSA) is 49.4 Å². The number of rotatable bonds is 15. The smallest absolute Gasteiger partial charge is 0.225 e. The first kappa shape index (κ1) is 26.9. The van der Waals surface area contributed by atoms with Gasteiger partial charge in [0.1, 0.15) is 0 Å². The van der Waals surface area contributed by atoms with Crippen LogP contribution in [0.5, 0.6) is 0 Å². The van der Waals surface area contributed by atoms with E-state index < -0.39 is 0 Å². The first-order chi connectivity index (χ1) is 13.6. The minimum Gasteiger partial charge on any atom is -0.356 e. The summed E-state index contributed by atoms with van der Waals surface area (Å²) in [7, 11) is 0. The van der Waals surface area contributed by atoms with Crippen molar-refractivity contribution in [3.63, 3.8) is 0 Å². The second-order valence-corrected chi connectivity index (χ2v) is 8.17. The Balaban J connectivity index is 0.000000621. The summed E-state index contributed by atoms with van der Waals surface area (Å²) in [6, 6.07) is 0. The average Bonchev–Trinajstić information content (AvgIpc) is 3.06. The van der Waals surface area contributed by atoms with E-state index in [0.29, 0.717) is 19.5 Å². The maximum absolute atomic E-state index is 11.8. The molecule has 1 unspecified atom stereocenters. The van der Waals surface area contributed by atoms with Gasteiger partial charge in [0.05, 0.1) is 5.92 Å². The van der Waals surface area contributed by atoms with Gasteiger partial charge in [0.15, 0.2) is 0 Å². The number of hydrogen-bond donors (Lipinski definition) is 1. The maximum Gasteiger partial charge on any atom is 0.225 e. The molecule has 0 aromatic carbocycles. The molecule has 166 valence electrons. The summed E-state index contributed by atoms with van der Waals surface area (Å²) < 4.78 is 0. The van der Waals surface area contributed by atoms with E-state index in [9.17, 15) is 9.59 Å². The molecule has 0 aromatic rings. The van der Waals surface area contributed by atoms with E-state index in [1.165, 1.54) is 77.0 Å². The molecule has 0 saturated carbocycles. The summed E-state index contributed by atoms with van der Waals surface area (Å²) in [5, 5.41) is 2.79. The third-order valence-electron chi connectivity index (χ3n) is 5.42. The normalized spacial score (nSPS) is 16.1. The van der Waals surface area contributed by atoms with Crippen LogP contribution in [0.4, 0.5) is 0 Å². The predicted molar refractivity (Wildman–Crippen MR) is 120 cm³/mol. The van der Waals surface area contributed by atoms with E-state index in [1.54, 1.807) is 0 Å². The third kappa shape index (κ3) is 14.0. The van der Waals surface area contributed by atoms with Gasteiger partial charge in [-0.05, 0) is 13.3 Å². The fourth-order valence-corrected chi connectivity index (χ4v) is 3.60. The molecule has 1 atom stereocenters. The number of unbranched alkanes of at least 4 members (excludes halogenated alkanes) is 11. The van der Waals surface area contributed by atoms with Crippen LogP contribution in [0.1, 0.15) is 118 Å². The van der Waals surface area contributed by atoms with E-state index in [4.69, 9.17) is 0 Å². The van der Waals surface area contributed by atoms with Gasteiger partial charge in [-0.3, -0.25) is 9.59 Å². The zero-order valence-electron chi connectivity index (χ0n) is 19.4. The first-order valence-electron chi connectivity index (χ1n) is 12.2. The number of nitrogens with zero attached hydrogens (tertiary/aromatic N) is 1. The molecule has 0 aromatic heterocycles. The van der Waals surface area contributed by atoms with E-state index in [0.717, 1.165) is 13.0 Å². The van der Waals surface area contributed by atoms with E-state index in [2.05, 4.69) is 26.1 Å². The lowest BCUT2D eigenvalue weighted by atomic mass is 10.1. The highest BCUT2D eigenvalue weighted by Gasteiger charge is 2.33. The molecule has 0 aliphatic carbocycles. The van der Waals surface area contributed by atoms with Crippen LogP contribution in [-0.2, 0) is 9.59 Å². The quantitative estimate of drug-likeness (QED) is 0.341. The lowest BCUT2D eigenvalue weighted by Gasteiger charge is -2.16. The summed E-state index contributed by atoms with van der Waals surface area (Å²) in [6.45, 7) is 10.7. The average molecular weight is 397 g/mol. The molecule has 0 radical (unpaired) electrons. The van der Waals surface area contributed by atoms with Crippen molar-refractivity contribution in [2.75, 3.05) is 19.6 Å². The highest BCUT2D eigenvalue weighted by molar-refractivity contribution is 5.89. The minimum absolute atomic E-state index is 0.0272. The molecule has 0 spiro atoms. The molecule has 1 N–H and O–H groups in total. The summed E-state index contributed by atoms with van der Waals surface area (Å²) in [6.07, 6.45) is 17.9. The molecular formula is C24H48N2O2. The number of amides is 2. The van der Waals surface area contributed by atoms with E-state index >= 15 is 0 Å². The molecule has 1 rings (SSSR count). The summed E-state index contributed by atoms with van der Waals surface area (Å²) in [5.74, 6) is 0.0363. The number of nitrogens with one attached hydrogen (secondary N) is 1. The third-order valence-corrected chi connectivity index (χ3v) is 5.42. The van der Waals surface area contributed by atoms with E-state index in [1.807, 2.05) is 11.8 Å². The van der Waals surface area contributed by atoms with Gasteiger partial charge in [-0.2, -0.15) is 0 Å². The zero-order valence-corrected chi connectivity index (χ0v) is 19.4. The molecule has 1 saturated heterocycles. The van der Waals surface area contributed by atoms with Gasteiger partial charge in [0.2, 0.25) is 11.8 Å². The molecule has 4 heteroatoms. The zero-order chi connectivity index (χ0) is 21.0. The number of carbonyl (C=O) groups excluding carboxylic acids is 2. The Morgan fingerprint density at radius 2 is 1.29 bits per heavy atom. The van der Waals surface area contributed by atoms with Crippen LogP contribution in [0.25, 0.3) is 0 Å². The molecule has 28 heavy (non-hydrogen) atoms. The van der Waals surface area contributed by atoms with Crippen LogP contribution in [0.2, 0.25) is 0 Å². The van der Waals surface area contributed by atoms with Crippen molar-refractivity contribution in [1.82, 2.24) is 10.2 Å².